The maximum absolute atomic E-state index is 12.0. The molecular formula is C14H20N2O4. The van der Waals surface area contributed by atoms with Crippen molar-refractivity contribution in [2.24, 2.45) is 11.3 Å². The minimum atomic E-state index is -0.637. The smallest absolute Gasteiger partial charge is 0.282 e. The number of rotatable bonds is 4. The van der Waals surface area contributed by atoms with Crippen LogP contribution in [-0.4, -0.2) is 22.5 Å². The second-order valence-electron chi connectivity index (χ2n) is 5.94. The molecular weight excluding hydrogens is 260 g/mol. The monoisotopic (exact) mass is 280 g/mol. The number of hydrogen-bond donors (Lipinski definition) is 2. The lowest BCUT2D eigenvalue weighted by molar-refractivity contribution is -0.385. The van der Waals surface area contributed by atoms with E-state index in [1.807, 2.05) is 6.92 Å². The highest BCUT2D eigenvalue weighted by atomic mass is 16.6. The summed E-state index contributed by atoms with van der Waals surface area (Å²) in [5.41, 5.74) is -0.419. The highest BCUT2D eigenvalue weighted by Crippen LogP contribution is 2.26. The quantitative estimate of drug-likeness (QED) is 0.655. The highest BCUT2D eigenvalue weighted by Gasteiger charge is 2.24. The van der Waals surface area contributed by atoms with Crippen LogP contribution in [-0.2, 0) is 0 Å². The number of aromatic hydroxyl groups is 1. The molecule has 1 unspecified atom stereocenters. The molecule has 1 aromatic rings. The van der Waals surface area contributed by atoms with Crippen molar-refractivity contribution in [1.82, 2.24) is 5.32 Å². The van der Waals surface area contributed by atoms with Gasteiger partial charge in [0.25, 0.3) is 11.6 Å². The zero-order valence-corrected chi connectivity index (χ0v) is 12.1. The Kier molecular flexibility index (Phi) is 4.70. The van der Waals surface area contributed by atoms with Crippen LogP contribution in [0.2, 0.25) is 0 Å². The number of carbonyl (C=O) groups is 1. The van der Waals surface area contributed by atoms with Crippen LogP contribution in [0.4, 0.5) is 5.69 Å². The minimum absolute atomic E-state index is 0.0258. The SMILES string of the molecule is CC(CNC(=O)c1cc(O)ccc1[N+](=O)[O-])C(C)(C)C. The largest absolute Gasteiger partial charge is 0.508 e. The first-order chi connectivity index (χ1) is 9.12. The van der Waals surface area contributed by atoms with Crippen molar-refractivity contribution in [2.45, 2.75) is 27.7 Å². The molecule has 0 heterocycles. The lowest BCUT2D eigenvalue weighted by Gasteiger charge is -2.27. The Labute approximate surface area is 118 Å². The number of phenols is 1. The van der Waals surface area contributed by atoms with E-state index in [-0.39, 0.29) is 28.3 Å². The summed E-state index contributed by atoms with van der Waals surface area (Å²) in [4.78, 5) is 22.3. The van der Waals surface area contributed by atoms with Gasteiger partial charge in [-0.05, 0) is 23.5 Å². The molecule has 0 fully saturated rings. The van der Waals surface area contributed by atoms with Crippen LogP contribution < -0.4 is 5.32 Å². The van der Waals surface area contributed by atoms with E-state index in [0.29, 0.717) is 6.54 Å². The molecule has 0 aliphatic heterocycles. The van der Waals surface area contributed by atoms with E-state index in [1.165, 1.54) is 6.07 Å². The Morgan fingerprint density at radius 3 is 2.55 bits per heavy atom. The standard InChI is InChI=1S/C14H20N2O4/c1-9(14(2,3)4)8-15-13(18)11-7-10(17)5-6-12(11)16(19)20/h5-7,9,17H,8H2,1-4H3,(H,15,18). The van der Waals surface area contributed by atoms with Gasteiger partial charge < -0.3 is 10.4 Å². The fourth-order valence-electron chi connectivity index (χ4n) is 1.51. The van der Waals surface area contributed by atoms with Crippen LogP contribution in [0.3, 0.4) is 0 Å². The summed E-state index contributed by atoms with van der Waals surface area (Å²) in [6.07, 6.45) is 0. The van der Waals surface area contributed by atoms with E-state index >= 15 is 0 Å². The van der Waals surface area contributed by atoms with Crippen molar-refractivity contribution >= 4 is 11.6 Å². The molecule has 2 N–H and O–H groups in total. The second kappa shape index (κ2) is 5.90. The Balaban J connectivity index is 2.88. The summed E-state index contributed by atoms with van der Waals surface area (Å²) in [5, 5.41) is 22.9. The van der Waals surface area contributed by atoms with Crippen molar-refractivity contribution < 1.29 is 14.8 Å². The minimum Gasteiger partial charge on any atom is -0.508 e. The van der Waals surface area contributed by atoms with E-state index in [1.54, 1.807) is 0 Å². The number of phenolic OH excluding ortho intramolecular Hbond substituents is 1. The van der Waals surface area contributed by atoms with E-state index in [0.717, 1.165) is 12.1 Å². The van der Waals surface area contributed by atoms with Gasteiger partial charge in [0.2, 0.25) is 0 Å². The molecule has 0 saturated carbocycles. The number of benzene rings is 1. The first-order valence-electron chi connectivity index (χ1n) is 6.38. The lowest BCUT2D eigenvalue weighted by Crippen LogP contribution is -2.33. The molecule has 0 saturated heterocycles. The molecule has 1 atom stereocenters. The van der Waals surface area contributed by atoms with Crippen LogP contribution >= 0.6 is 0 Å². The first-order valence-corrected chi connectivity index (χ1v) is 6.38. The predicted molar refractivity (Wildman–Crippen MR) is 75.7 cm³/mol. The fraction of sp³-hybridized carbons (Fsp3) is 0.500. The van der Waals surface area contributed by atoms with Crippen LogP contribution in [0.15, 0.2) is 18.2 Å². The number of hydrogen-bond acceptors (Lipinski definition) is 4. The van der Waals surface area contributed by atoms with Gasteiger partial charge in [-0.15, -0.1) is 0 Å². The average Bonchev–Trinajstić information content (AvgIpc) is 2.33. The van der Waals surface area contributed by atoms with Gasteiger partial charge in [0.1, 0.15) is 11.3 Å². The van der Waals surface area contributed by atoms with Gasteiger partial charge in [0.15, 0.2) is 0 Å². The maximum Gasteiger partial charge on any atom is 0.282 e. The summed E-state index contributed by atoms with van der Waals surface area (Å²) in [5.74, 6) is -0.517. The van der Waals surface area contributed by atoms with Crippen LogP contribution in [0, 0.1) is 21.4 Å². The molecule has 1 aromatic carbocycles. The van der Waals surface area contributed by atoms with Crippen molar-refractivity contribution in [1.29, 1.82) is 0 Å². The van der Waals surface area contributed by atoms with Gasteiger partial charge in [0.05, 0.1) is 4.92 Å². The topological polar surface area (TPSA) is 92.5 Å². The molecule has 20 heavy (non-hydrogen) atoms. The van der Waals surface area contributed by atoms with Gasteiger partial charge in [-0.2, -0.15) is 0 Å². The van der Waals surface area contributed by atoms with E-state index in [9.17, 15) is 20.0 Å². The average molecular weight is 280 g/mol. The first kappa shape index (κ1) is 15.9. The molecule has 0 spiro atoms. The second-order valence-corrected chi connectivity index (χ2v) is 5.94. The summed E-state index contributed by atoms with van der Waals surface area (Å²) >= 11 is 0. The van der Waals surface area contributed by atoms with Gasteiger partial charge in [-0.3, -0.25) is 14.9 Å². The third-order valence-electron chi connectivity index (χ3n) is 3.47. The summed E-state index contributed by atoms with van der Waals surface area (Å²) in [7, 11) is 0. The molecule has 0 aliphatic rings. The molecule has 0 bridgehead atoms. The predicted octanol–water partition coefficient (Wildman–Crippen LogP) is 2.71. The van der Waals surface area contributed by atoms with Crippen LogP contribution in [0.5, 0.6) is 5.75 Å². The van der Waals surface area contributed by atoms with Gasteiger partial charge in [-0.1, -0.05) is 27.7 Å². The molecule has 6 heteroatoms. The summed E-state index contributed by atoms with van der Waals surface area (Å²) in [6.45, 7) is 8.58. The third kappa shape index (κ3) is 3.94. The Morgan fingerprint density at radius 1 is 1.45 bits per heavy atom. The molecule has 6 nitrogen and oxygen atoms in total. The van der Waals surface area contributed by atoms with E-state index in [2.05, 4.69) is 26.1 Å². The Bertz CT molecular complexity index is 520. The van der Waals surface area contributed by atoms with Crippen molar-refractivity contribution in [3.05, 3.63) is 33.9 Å². The van der Waals surface area contributed by atoms with Gasteiger partial charge in [0, 0.05) is 12.6 Å². The van der Waals surface area contributed by atoms with E-state index in [4.69, 9.17) is 0 Å². The van der Waals surface area contributed by atoms with Crippen molar-refractivity contribution in [3.8, 4) is 5.75 Å². The molecule has 1 amide bonds. The zero-order valence-electron chi connectivity index (χ0n) is 12.1. The van der Waals surface area contributed by atoms with Gasteiger partial charge >= 0.3 is 0 Å². The number of carbonyl (C=O) groups excluding carboxylic acids is 1. The van der Waals surface area contributed by atoms with Crippen LogP contribution in [0.25, 0.3) is 0 Å². The maximum atomic E-state index is 12.0. The lowest BCUT2D eigenvalue weighted by atomic mass is 9.82. The highest BCUT2D eigenvalue weighted by molar-refractivity contribution is 5.98. The Hall–Kier alpha value is -2.11. The normalized spacial score (nSPS) is 12.8. The number of nitrogens with zero attached hydrogens (tertiary/aromatic N) is 1. The molecule has 0 aliphatic carbocycles. The third-order valence-corrected chi connectivity index (χ3v) is 3.47. The number of nitro groups is 1. The van der Waals surface area contributed by atoms with Gasteiger partial charge in [-0.25, -0.2) is 0 Å². The molecule has 0 radical (unpaired) electrons. The van der Waals surface area contributed by atoms with Crippen molar-refractivity contribution in [3.63, 3.8) is 0 Å². The van der Waals surface area contributed by atoms with Crippen LogP contribution in [0.1, 0.15) is 38.1 Å². The molecule has 110 valence electrons. The van der Waals surface area contributed by atoms with E-state index < -0.39 is 10.8 Å². The zero-order chi connectivity index (χ0) is 15.5. The molecule has 0 aromatic heterocycles. The summed E-state index contributed by atoms with van der Waals surface area (Å²) in [6, 6.07) is 3.42. The summed E-state index contributed by atoms with van der Waals surface area (Å²) < 4.78 is 0. The number of nitrogens with one attached hydrogen (secondary N) is 1. The number of nitro benzene ring substituents is 1. The molecule has 1 rings (SSSR count). The fourth-order valence-corrected chi connectivity index (χ4v) is 1.51. The Morgan fingerprint density at radius 2 is 2.05 bits per heavy atom. The number of amides is 1. The van der Waals surface area contributed by atoms with Crippen molar-refractivity contribution in [2.75, 3.05) is 6.54 Å².